The molecule has 0 radical (unpaired) electrons. The Bertz CT molecular complexity index is 624. The van der Waals surface area contributed by atoms with Gasteiger partial charge in [-0.25, -0.2) is 0 Å². The fourth-order valence-corrected chi connectivity index (χ4v) is 4.37. The van der Waals surface area contributed by atoms with Crippen LogP contribution in [0.2, 0.25) is 0 Å². The van der Waals surface area contributed by atoms with Crippen molar-refractivity contribution in [1.29, 1.82) is 0 Å². The molecular formula is C16H17NO3. The largest absolute Gasteiger partial charge is 0.454 e. The number of aliphatic hydroxyl groups excluding tert-OH is 1. The first-order chi connectivity index (χ1) is 9.79. The van der Waals surface area contributed by atoms with Gasteiger partial charge in [0, 0.05) is 25.0 Å². The van der Waals surface area contributed by atoms with Gasteiger partial charge in [0.25, 0.3) is 0 Å². The topological polar surface area (TPSA) is 41.9 Å². The number of rotatable bonds is 0. The minimum atomic E-state index is -0.303. The van der Waals surface area contributed by atoms with Crippen LogP contribution >= 0.6 is 0 Å². The van der Waals surface area contributed by atoms with E-state index in [-0.39, 0.29) is 6.10 Å². The summed E-state index contributed by atoms with van der Waals surface area (Å²) >= 11 is 0. The lowest BCUT2D eigenvalue weighted by Crippen LogP contribution is -2.42. The van der Waals surface area contributed by atoms with Crippen molar-refractivity contribution in [2.24, 2.45) is 0 Å². The molecule has 0 spiro atoms. The normalized spacial score (nSPS) is 33.6. The molecule has 4 heteroatoms. The minimum Gasteiger partial charge on any atom is -0.454 e. The van der Waals surface area contributed by atoms with E-state index >= 15 is 0 Å². The number of hydrogen-bond acceptors (Lipinski definition) is 4. The van der Waals surface area contributed by atoms with Gasteiger partial charge in [0.05, 0.1) is 6.10 Å². The summed E-state index contributed by atoms with van der Waals surface area (Å²) in [6.07, 6.45) is 3.69. The summed E-state index contributed by atoms with van der Waals surface area (Å²) in [7, 11) is 0. The Balaban J connectivity index is 1.67. The number of ether oxygens (including phenoxy) is 2. The van der Waals surface area contributed by atoms with Gasteiger partial charge in [0.1, 0.15) is 0 Å². The molecule has 1 saturated heterocycles. The maximum atomic E-state index is 10.1. The molecule has 0 saturated carbocycles. The Morgan fingerprint density at radius 2 is 2.05 bits per heavy atom. The highest BCUT2D eigenvalue weighted by Crippen LogP contribution is 2.49. The Kier molecular flexibility index (Phi) is 2.11. The van der Waals surface area contributed by atoms with Gasteiger partial charge in [0.15, 0.2) is 11.5 Å². The van der Waals surface area contributed by atoms with Crippen LogP contribution in [0.15, 0.2) is 23.8 Å². The summed E-state index contributed by atoms with van der Waals surface area (Å²) < 4.78 is 11.0. The van der Waals surface area contributed by atoms with Crippen molar-refractivity contribution in [3.8, 4) is 11.5 Å². The van der Waals surface area contributed by atoms with Gasteiger partial charge < -0.3 is 14.6 Å². The van der Waals surface area contributed by atoms with Crippen LogP contribution in [-0.2, 0) is 6.54 Å². The van der Waals surface area contributed by atoms with E-state index in [0.717, 1.165) is 37.4 Å². The number of nitrogens with zero attached hydrogens (tertiary/aromatic N) is 1. The van der Waals surface area contributed by atoms with E-state index in [1.54, 1.807) is 0 Å². The first-order valence-electron chi connectivity index (χ1n) is 7.35. The highest BCUT2D eigenvalue weighted by Gasteiger charge is 2.44. The monoisotopic (exact) mass is 271 g/mol. The molecule has 1 aromatic carbocycles. The Hall–Kier alpha value is -1.52. The molecule has 1 N–H and O–H groups in total. The van der Waals surface area contributed by atoms with Crippen LogP contribution in [0.1, 0.15) is 29.9 Å². The number of hydrogen-bond donors (Lipinski definition) is 1. The van der Waals surface area contributed by atoms with E-state index in [4.69, 9.17) is 9.47 Å². The van der Waals surface area contributed by atoms with Crippen LogP contribution < -0.4 is 9.47 Å². The van der Waals surface area contributed by atoms with Crippen LogP contribution in [0.5, 0.6) is 11.5 Å². The molecule has 104 valence electrons. The van der Waals surface area contributed by atoms with Crippen LogP contribution in [0.4, 0.5) is 0 Å². The molecule has 4 nitrogen and oxygen atoms in total. The van der Waals surface area contributed by atoms with Gasteiger partial charge >= 0.3 is 0 Å². The number of aliphatic hydroxyl groups is 1. The van der Waals surface area contributed by atoms with Crippen molar-refractivity contribution in [3.05, 3.63) is 34.9 Å². The lowest BCUT2D eigenvalue weighted by molar-refractivity contribution is 0.141. The maximum Gasteiger partial charge on any atom is 0.231 e. The molecule has 1 aromatic rings. The fraction of sp³-hybridized carbons (Fsp3) is 0.500. The average molecular weight is 271 g/mol. The van der Waals surface area contributed by atoms with E-state index in [2.05, 4.69) is 23.1 Å². The molecule has 0 bridgehead atoms. The highest BCUT2D eigenvalue weighted by molar-refractivity contribution is 5.52. The van der Waals surface area contributed by atoms with Crippen molar-refractivity contribution in [3.63, 3.8) is 0 Å². The summed E-state index contributed by atoms with van der Waals surface area (Å²) in [6, 6.07) is 4.77. The van der Waals surface area contributed by atoms with E-state index in [9.17, 15) is 5.11 Å². The molecule has 3 heterocycles. The second-order valence-corrected chi connectivity index (χ2v) is 6.22. The third-order valence-corrected chi connectivity index (χ3v) is 5.15. The van der Waals surface area contributed by atoms with Gasteiger partial charge in [-0.3, -0.25) is 4.90 Å². The zero-order valence-corrected chi connectivity index (χ0v) is 11.2. The Morgan fingerprint density at radius 1 is 1.20 bits per heavy atom. The first-order valence-corrected chi connectivity index (χ1v) is 7.35. The van der Waals surface area contributed by atoms with Crippen LogP contribution in [0, 0.1) is 0 Å². The standard InChI is InChI=1S/C16H17NO3/c18-11-3-9-1-2-17-7-10-4-14-15(20-8-19-14)6-12(10)13(5-11)16(9)17/h3-4,6,11,13,16,18H,1-2,5,7-8H2. The molecule has 1 fully saturated rings. The van der Waals surface area contributed by atoms with E-state index in [0.29, 0.717) is 18.8 Å². The van der Waals surface area contributed by atoms with E-state index in [1.165, 1.54) is 16.7 Å². The first kappa shape index (κ1) is 11.2. The second kappa shape index (κ2) is 3.77. The van der Waals surface area contributed by atoms with Crippen molar-refractivity contribution in [2.75, 3.05) is 13.3 Å². The number of fused-ring (bicyclic) bond motifs is 3. The quantitative estimate of drug-likeness (QED) is 0.730. The molecule has 3 atom stereocenters. The third kappa shape index (κ3) is 1.38. The predicted molar refractivity (Wildman–Crippen MR) is 72.8 cm³/mol. The lowest BCUT2D eigenvalue weighted by atomic mass is 9.75. The van der Waals surface area contributed by atoms with Crippen molar-refractivity contribution >= 4 is 0 Å². The third-order valence-electron chi connectivity index (χ3n) is 5.15. The van der Waals surface area contributed by atoms with Crippen molar-refractivity contribution in [2.45, 2.75) is 37.5 Å². The summed E-state index contributed by atoms with van der Waals surface area (Å²) in [5, 5.41) is 10.1. The Labute approximate surface area is 117 Å². The average Bonchev–Trinajstić information content (AvgIpc) is 3.04. The highest BCUT2D eigenvalue weighted by atomic mass is 16.7. The maximum absolute atomic E-state index is 10.1. The lowest BCUT2D eigenvalue weighted by Gasteiger charge is -2.41. The SMILES string of the molecule is OC1C=C2CCN3Cc4cc5c(cc4C(C1)C23)OCO5. The van der Waals surface area contributed by atoms with Crippen LogP contribution in [0.3, 0.4) is 0 Å². The summed E-state index contributed by atoms with van der Waals surface area (Å²) in [4.78, 5) is 2.55. The van der Waals surface area contributed by atoms with Crippen LogP contribution in [-0.4, -0.2) is 35.5 Å². The second-order valence-electron chi connectivity index (χ2n) is 6.22. The van der Waals surface area contributed by atoms with Crippen molar-refractivity contribution < 1.29 is 14.6 Å². The molecule has 1 aliphatic carbocycles. The molecule has 3 aliphatic heterocycles. The minimum absolute atomic E-state index is 0.303. The zero-order valence-electron chi connectivity index (χ0n) is 11.2. The molecule has 4 aliphatic rings. The molecule has 5 rings (SSSR count). The van der Waals surface area contributed by atoms with Gasteiger partial charge in [-0.1, -0.05) is 11.6 Å². The fourth-order valence-electron chi connectivity index (χ4n) is 4.37. The van der Waals surface area contributed by atoms with Gasteiger partial charge in [-0.2, -0.15) is 0 Å². The summed E-state index contributed by atoms with van der Waals surface area (Å²) in [5.41, 5.74) is 4.12. The number of benzene rings is 1. The van der Waals surface area contributed by atoms with Crippen LogP contribution in [0.25, 0.3) is 0 Å². The van der Waals surface area contributed by atoms with E-state index < -0.39 is 0 Å². The van der Waals surface area contributed by atoms with Crippen molar-refractivity contribution in [1.82, 2.24) is 4.90 Å². The molecule has 0 aromatic heterocycles. The van der Waals surface area contributed by atoms with E-state index in [1.807, 2.05) is 0 Å². The van der Waals surface area contributed by atoms with Gasteiger partial charge in [-0.05, 0) is 36.1 Å². The molecule has 20 heavy (non-hydrogen) atoms. The molecular weight excluding hydrogens is 254 g/mol. The zero-order chi connectivity index (χ0) is 13.3. The molecule has 0 amide bonds. The van der Waals surface area contributed by atoms with Gasteiger partial charge in [0.2, 0.25) is 6.79 Å². The van der Waals surface area contributed by atoms with Gasteiger partial charge in [-0.15, -0.1) is 0 Å². The summed E-state index contributed by atoms with van der Waals surface area (Å²) in [6.45, 7) is 2.41. The smallest absolute Gasteiger partial charge is 0.231 e. The predicted octanol–water partition coefficient (Wildman–Crippen LogP) is 1.78. The molecule has 3 unspecified atom stereocenters. The summed E-state index contributed by atoms with van der Waals surface area (Å²) in [5.74, 6) is 2.13. The Morgan fingerprint density at radius 3 is 2.95 bits per heavy atom.